The summed E-state index contributed by atoms with van der Waals surface area (Å²) in [7, 11) is -3.58. The lowest BCUT2D eigenvalue weighted by Crippen LogP contribution is -2.32. The molecule has 1 fully saturated rings. The lowest BCUT2D eigenvalue weighted by molar-refractivity contribution is -0.127. The molecule has 0 bridgehead atoms. The zero-order valence-corrected chi connectivity index (χ0v) is 15.1. The minimum Gasteiger partial charge on any atom is -0.343 e. The molecule has 1 amide bonds. The molecule has 1 aromatic rings. The van der Waals surface area contributed by atoms with Gasteiger partial charge in [0.1, 0.15) is 0 Å². The molecule has 1 aromatic heterocycles. The first-order valence-corrected chi connectivity index (χ1v) is 9.82. The number of nitrogens with zero attached hydrogens (tertiary/aromatic N) is 3. The summed E-state index contributed by atoms with van der Waals surface area (Å²) in [6.07, 6.45) is 3.51. The van der Waals surface area contributed by atoms with Crippen LogP contribution in [0.1, 0.15) is 33.1 Å². The van der Waals surface area contributed by atoms with Crippen molar-refractivity contribution in [2.24, 2.45) is 0 Å². The van der Waals surface area contributed by atoms with Crippen molar-refractivity contribution in [2.75, 3.05) is 26.2 Å². The van der Waals surface area contributed by atoms with Crippen LogP contribution in [0.15, 0.2) is 28.0 Å². The van der Waals surface area contributed by atoms with Crippen LogP contribution in [0.3, 0.4) is 0 Å². The predicted octanol–water partition coefficient (Wildman–Crippen LogP) is 0.891. The third-order valence-corrected chi connectivity index (χ3v) is 6.33. The first-order chi connectivity index (χ1) is 11.4. The zero-order valence-electron chi connectivity index (χ0n) is 14.3. The van der Waals surface area contributed by atoms with Crippen molar-refractivity contribution in [1.29, 1.82) is 0 Å². The van der Waals surface area contributed by atoms with Crippen LogP contribution in [0.25, 0.3) is 0 Å². The van der Waals surface area contributed by atoms with E-state index in [0.29, 0.717) is 39.0 Å². The second-order valence-electron chi connectivity index (χ2n) is 5.82. The van der Waals surface area contributed by atoms with E-state index < -0.39 is 10.0 Å². The SMILES string of the molecule is CCN(CC)S(=O)(=O)c1ccc(=O)n(CCCN2CCCC2=O)c1. The number of rotatable bonds is 8. The van der Waals surface area contributed by atoms with Crippen molar-refractivity contribution in [2.45, 2.75) is 44.6 Å². The van der Waals surface area contributed by atoms with Gasteiger partial charge in [-0.1, -0.05) is 13.8 Å². The molecule has 2 heterocycles. The molecular weight excluding hydrogens is 330 g/mol. The average molecular weight is 355 g/mol. The number of amides is 1. The first kappa shape index (κ1) is 18.7. The Morgan fingerprint density at radius 1 is 1.12 bits per heavy atom. The molecule has 0 aromatic carbocycles. The van der Waals surface area contributed by atoms with Crippen LogP contribution in [0, 0.1) is 0 Å². The van der Waals surface area contributed by atoms with Crippen LogP contribution in [-0.4, -0.2) is 54.3 Å². The number of carbonyl (C=O) groups excluding carboxylic acids is 1. The Hall–Kier alpha value is -1.67. The van der Waals surface area contributed by atoms with Crippen molar-refractivity contribution in [3.8, 4) is 0 Å². The van der Waals surface area contributed by atoms with Gasteiger partial charge < -0.3 is 9.47 Å². The van der Waals surface area contributed by atoms with E-state index in [1.54, 1.807) is 18.7 Å². The van der Waals surface area contributed by atoms with E-state index in [2.05, 4.69) is 0 Å². The molecule has 134 valence electrons. The van der Waals surface area contributed by atoms with Gasteiger partial charge in [-0.2, -0.15) is 4.31 Å². The third-order valence-electron chi connectivity index (χ3n) is 4.30. The summed E-state index contributed by atoms with van der Waals surface area (Å²) in [4.78, 5) is 25.5. The maximum absolute atomic E-state index is 12.5. The van der Waals surface area contributed by atoms with Gasteiger partial charge >= 0.3 is 0 Å². The fourth-order valence-electron chi connectivity index (χ4n) is 2.92. The highest BCUT2D eigenvalue weighted by Gasteiger charge is 2.22. The molecule has 0 radical (unpaired) electrons. The summed E-state index contributed by atoms with van der Waals surface area (Å²) in [6, 6.07) is 2.65. The van der Waals surface area contributed by atoms with Gasteiger partial charge in [0.05, 0.1) is 4.90 Å². The van der Waals surface area contributed by atoms with Gasteiger partial charge in [0, 0.05) is 51.4 Å². The van der Waals surface area contributed by atoms with Crippen molar-refractivity contribution >= 4 is 15.9 Å². The second kappa shape index (κ2) is 7.94. The summed E-state index contributed by atoms with van der Waals surface area (Å²) in [5.74, 6) is 0.153. The number of pyridine rings is 1. The van der Waals surface area contributed by atoms with Crippen LogP contribution in [-0.2, 0) is 21.4 Å². The number of sulfonamides is 1. The van der Waals surface area contributed by atoms with Gasteiger partial charge in [-0.3, -0.25) is 9.59 Å². The minimum atomic E-state index is -3.58. The minimum absolute atomic E-state index is 0.128. The molecule has 0 atom stereocenters. The molecule has 1 saturated heterocycles. The molecule has 0 spiro atoms. The predicted molar refractivity (Wildman–Crippen MR) is 91.2 cm³/mol. The Labute approximate surface area is 142 Å². The van der Waals surface area contributed by atoms with Crippen molar-refractivity contribution < 1.29 is 13.2 Å². The van der Waals surface area contributed by atoms with Gasteiger partial charge in [0.15, 0.2) is 0 Å². The maximum atomic E-state index is 12.5. The molecule has 1 aliphatic heterocycles. The summed E-state index contributed by atoms with van der Waals surface area (Å²) in [5.41, 5.74) is -0.235. The summed E-state index contributed by atoms with van der Waals surface area (Å²) < 4.78 is 27.9. The topological polar surface area (TPSA) is 79.7 Å². The van der Waals surface area contributed by atoms with E-state index in [1.165, 1.54) is 27.2 Å². The highest BCUT2D eigenvalue weighted by molar-refractivity contribution is 7.89. The fourth-order valence-corrected chi connectivity index (χ4v) is 4.40. The molecule has 8 heteroatoms. The molecule has 7 nitrogen and oxygen atoms in total. The van der Waals surface area contributed by atoms with Crippen molar-refractivity contribution in [1.82, 2.24) is 13.8 Å². The number of likely N-dealkylation sites (tertiary alicyclic amines) is 1. The molecular formula is C16H25N3O4S. The fraction of sp³-hybridized carbons (Fsp3) is 0.625. The highest BCUT2D eigenvalue weighted by atomic mass is 32.2. The zero-order chi connectivity index (χ0) is 17.7. The Balaban J connectivity index is 2.11. The van der Waals surface area contributed by atoms with Crippen LogP contribution in [0.5, 0.6) is 0 Å². The summed E-state index contributed by atoms with van der Waals surface area (Å²) in [5, 5.41) is 0. The Morgan fingerprint density at radius 3 is 2.42 bits per heavy atom. The monoisotopic (exact) mass is 355 g/mol. The van der Waals surface area contributed by atoms with Gasteiger partial charge in [-0.15, -0.1) is 0 Å². The number of hydrogen-bond acceptors (Lipinski definition) is 4. The van der Waals surface area contributed by atoms with Gasteiger partial charge in [-0.05, 0) is 18.9 Å². The number of aromatic nitrogens is 1. The van der Waals surface area contributed by atoms with E-state index in [0.717, 1.165) is 13.0 Å². The summed E-state index contributed by atoms with van der Waals surface area (Å²) >= 11 is 0. The first-order valence-electron chi connectivity index (χ1n) is 8.38. The molecule has 0 aliphatic carbocycles. The number of aryl methyl sites for hydroxylation is 1. The third kappa shape index (κ3) is 4.05. The van der Waals surface area contributed by atoms with Gasteiger partial charge in [-0.25, -0.2) is 8.42 Å². The highest BCUT2D eigenvalue weighted by Crippen LogP contribution is 2.14. The normalized spacial score (nSPS) is 15.5. The molecule has 0 unspecified atom stereocenters. The van der Waals surface area contributed by atoms with E-state index in [-0.39, 0.29) is 16.4 Å². The van der Waals surface area contributed by atoms with Gasteiger partial charge in [0.25, 0.3) is 5.56 Å². The number of carbonyl (C=O) groups is 1. The van der Waals surface area contributed by atoms with Crippen molar-refractivity contribution in [3.05, 3.63) is 28.7 Å². The van der Waals surface area contributed by atoms with Crippen molar-refractivity contribution in [3.63, 3.8) is 0 Å². The Morgan fingerprint density at radius 2 is 1.83 bits per heavy atom. The average Bonchev–Trinajstić information content (AvgIpc) is 2.95. The van der Waals surface area contributed by atoms with E-state index >= 15 is 0 Å². The number of hydrogen-bond donors (Lipinski definition) is 0. The molecule has 0 saturated carbocycles. The molecule has 0 N–H and O–H groups in total. The Kier molecular flexibility index (Phi) is 6.17. The quantitative estimate of drug-likeness (QED) is 0.694. The van der Waals surface area contributed by atoms with Gasteiger partial charge in [0.2, 0.25) is 15.9 Å². The van der Waals surface area contributed by atoms with Crippen LogP contribution in [0.2, 0.25) is 0 Å². The smallest absolute Gasteiger partial charge is 0.250 e. The van der Waals surface area contributed by atoms with E-state index in [1.807, 2.05) is 0 Å². The standard InChI is InChI=1S/C16H25N3O4S/c1-3-19(4-2)24(22,23)14-8-9-16(21)18(13-14)12-6-11-17-10-5-7-15(17)20/h8-9,13H,3-7,10-12H2,1-2H3. The lowest BCUT2D eigenvalue weighted by atomic mass is 10.3. The largest absolute Gasteiger partial charge is 0.343 e. The van der Waals surface area contributed by atoms with E-state index in [4.69, 9.17) is 0 Å². The molecule has 2 rings (SSSR count). The lowest BCUT2D eigenvalue weighted by Gasteiger charge is -2.19. The van der Waals surface area contributed by atoms with Crippen LogP contribution < -0.4 is 5.56 Å². The Bertz CT molecular complexity index is 738. The molecule has 1 aliphatic rings. The molecule has 24 heavy (non-hydrogen) atoms. The maximum Gasteiger partial charge on any atom is 0.250 e. The van der Waals surface area contributed by atoms with E-state index in [9.17, 15) is 18.0 Å². The van der Waals surface area contributed by atoms with Crippen LogP contribution >= 0.6 is 0 Å². The van der Waals surface area contributed by atoms with Crippen LogP contribution in [0.4, 0.5) is 0 Å². The summed E-state index contributed by atoms with van der Waals surface area (Å²) in [6.45, 7) is 6.09. The second-order valence-corrected chi connectivity index (χ2v) is 7.76.